The summed E-state index contributed by atoms with van der Waals surface area (Å²) in [4.78, 5) is 26.7. The van der Waals surface area contributed by atoms with Gasteiger partial charge >= 0.3 is 0 Å². The van der Waals surface area contributed by atoms with Crippen LogP contribution in [0.1, 0.15) is 43.9 Å². The number of nitrogens with zero attached hydrogens (tertiary/aromatic N) is 1. The summed E-state index contributed by atoms with van der Waals surface area (Å²) in [5, 5.41) is 2.89. The van der Waals surface area contributed by atoms with E-state index in [0.717, 1.165) is 18.4 Å². The van der Waals surface area contributed by atoms with Gasteiger partial charge in [0, 0.05) is 0 Å². The van der Waals surface area contributed by atoms with Crippen molar-refractivity contribution in [2.24, 2.45) is 5.92 Å². The first kappa shape index (κ1) is 14.1. The second-order valence-corrected chi connectivity index (χ2v) is 6.33. The standard InChI is InChI=1S/C17H22N2O2/c1-10-4-6-13(7-5-10)11(2)19-12(3)16(20)18-15(17(19)21)14-8-9-14/h4-7,11-12,14-15H,8-9H2,1-3H3,(H,18,20). The number of amides is 2. The lowest BCUT2D eigenvalue weighted by molar-refractivity contribution is -0.151. The predicted octanol–water partition coefficient (Wildman–Crippen LogP) is 2.18. The Labute approximate surface area is 125 Å². The van der Waals surface area contributed by atoms with E-state index in [2.05, 4.69) is 5.32 Å². The number of carbonyl (C=O) groups excluding carboxylic acids is 2. The zero-order valence-electron chi connectivity index (χ0n) is 12.8. The molecule has 3 atom stereocenters. The summed E-state index contributed by atoms with van der Waals surface area (Å²) in [6.07, 6.45) is 2.08. The summed E-state index contributed by atoms with van der Waals surface area (Å²) in [6, 6.07) is 7.36. The lowest BCUT2D eigenvalue weighted by Crippen LogP contribution is -2.63. The predicted molar refractivity (Wildman–Crippen MR) is 80.6 cm³/mol. The molecule has 1 heterocycles. The zero-order valence-corrected chi connectivity index (χ0v) is 12.8. The van der Waals surface area contributed by atoms with Crippen molar-refractivity contribution < 1.29 is 9.59 Å². The number of carbonyl (C=O) groups is 2. The molecule has 3 rings (SSSR count). The van der Waals surface area contributed by atoms with Gasteiger partial charge in [0.05, 0.1) is 6.04 Å². The first-order chi connectivity index (χ1) is 9.99. The highest BCUT2D eigenvalue weighted by Gasteiger charge is 2.46. The van der Waals surface area contributed by atoms with Crippen molar-refractivity contribution >= 4 is 11.8 Å². The minimum Gasteiger partial charge on any atom is -0.342 e. The summed E-state index contributed by atoms with van der Waals surface area (Å²) in [6.45, 7) is 5.85. The van der Waals surface area contributed by atoms with Crippen LogP contribution >= 0.6 is 0 Å². The topological polar surface area (TPSA) is 49.4 Å². The average molecular weight is 286 g/mol. The van der Waals surface area contributed by atoms with Crippen LogP contribution in [-0.2, 0) is 9.59 Å². The molecule has 1 saturated carbocycles. The third kappa shape index (κ3) is 2.55. The Morgan fingerprint density at radius 3 is 2.38 bits per heavy atom. The van der Waals surface area contributed by atoms with Gasteiger partial charge in [0.25, 0.3) is 0 Å². The number of aryl methyl sites for hydroxylation is 1. The van der Waals surface area contributed by atoms with E-state index in [9.17, 15) is 9.59 Å². The first-order valence-electron chi connectivity index (χ1n) is 7.68. The molecule has 1 saturated heterocycles. The molecule has 2 fully saturated rings. The number of nitrogens with one attached hydrogen (secondary N) is 1. The summed E-state index contributed by atoms with van der Waals surface area (Å²) < 4.78 is 0. The lowest BCUT2D eigenvalue weighted by Gasteiger charge is -2.41. The van der Waals surface area contributed by atoms with Crippen molar-refractivity contribution in [3.63, 3.8) is 0 Å². The Hall–Kier alpha value is -1.84. The van der Waals surface area contributed by atoms with E-state index in [1.165, 1.54) is 5.56 Å². The molecule has 2 aliphatic rings. The first-order valence-corrected chi connectivity index (χ1v) is 7.68. The van der Waals surface area contributed by atoms with Gasteiger partial charge in [0.1, 0.15) is 12.1 Å². The highest BCUT2D eigenvalue weighted by atomic mass is 16.2. The van der Waals surface area contributed by atoms with Crippen LogP contribution in [0.2, 0.25) is 0 Å². The van der Waals surface area contributed by atoms with Crippen LogP contribution in [0.15, 0.2) is 24.3 Å². The minimum absolute atomic E-state index is 0.0366. The van der Waals surface area contributed by atoms with E-state index in [1.807, 2.05) is 38.1 Å². The zero-order chi connectivity index (χ0) is 15.1. The van der Waals surface area contributed by atoms with E-state index >= 15 is 0 Å². The molecule has 1 aromatic rings. The average Bonchev–Trinajstić information content (AvgIpc) is 3.28. The molecule has 0 radical (unpaired) electrons. The largest absolute Gasteiger partial charge is 0.342 e. The van der Waals surface area contributed by atoms with Crippen LogP contribution < -0.4 is 5.32 Å². The van der Waals surface area contributed by atoms with Gasteiger partial charge < -0.3 is 10.2 Å². The van der Waals surface area contributed by atoms with Gasteiger partial charge in [-0.3, -0.25) is 9.59 Å². The van der Waals surface area contributed by atoms with E-state index in [0.29, 0.717) is 5.92 Å². The van der Waals surface area contributed by atoms with Crippen molar-refractivity contribution in [1.29, 1.82) is 0 Å². The fourth-order valence-corrected chi connectivity index (χ4v) is 3.09. The Balaban J connectivity index is 1.87. The molecule has 2 amide bonds. The van der Waals surface area contributed by atoms with Crippen molar-refractivity contribution in [2.75, 3.05) is 0 Å². The molecule has 1 aromatic carbocycles. The molecule has 0 bridgehead atoms. The van der Waals surface area contributed by atoms with Gasteiger partial charge in [-0.15, -0.1) is 0 Å². The fourth-order valence-electron chi connectivity index (χ4n) is 3.09. The van der Waals surface area contributed by atoms with Gasteiger partial charge in [-0.1, -0.05) is 29.8 Å². The van der Waals surface area contributed by atoms with Crippen molar-refractivity contribution in [3.05, 3.63) is 35.4 Å². The highest BCUT2D eigenvalue weighted by molar-refractivity contribution is 5.97. The number of piperazine rings is 1. The Morgan fingerprint density at radius 1 is 1.19 bits per heavy atom. The maximum Gasteiger partial charge on any atom is 0.246 e. The highest BCUT2D eigenvalue weighted by Crippen LogP contribution is 2.37. The van der Waals surface area contributed by atoms with Crippen molar-refractivity contribution in [3.8, 4) is 0 Å². The second kappa shape index (κ2) is 5.17. The maximum atomic E-state index is 12.8. The van der Waals surface area contributed by atoms with Crippen LogP contribution in [0.25, 0.3) is 0 Å². The normalized spacial score (nSPS) is 27.5. The SMILES string of the molecule is Cc1ccc(C(C)N2C(=O)C(C3CC3)NC(=O)C2C)cc1. The van der Waals surface area contributed by atoms with Crippen molar-refractivity contribution in [1.82, 2.24) is 10.2 Å². The summed E-state index contributed by atoms with van der Waals surface area (Å²) >= 11 is 0. The van der Waals surface area contributed by atoms with Crippen LogP contribution in [0, 0.1) is 12.8 Å². The summed E-state index contributed by atoms with van der Waals surface area (Å²) in [5.41, 5.74) is 2.27. The van der Waals surface area contributed by atoms with E-state index < -0.39 is 6.04 Å². The van der Waals surface area contributed by atoms with Gasteiger partial charge in [0.2, 0.25) is 11.8 Å². The van der Waals surface area contributed by atoms with Crippen molar-refractivity contribution in [2.45, 2.75) is 51.7 Å². The van der Waals surface area contributed by atoms with Crippen LogP contribution in [0.4, 0.5) is 0 Å². The summed E-state index contributed by atoms with van der Waals surface area (Å²) in [7, 11) is 0. The third-order valence-electron chi connectivity index (χ3n) is 4.69. The van der Waals surface area contributed by atoms with Gasteiger partial charge in [-0.2, -0.15) is 0 Å². The van der Waals surface area contributed by atoms with Crippen LogP contribution in [-0.4, -0.2) is 28.8 Å². The molecule has 1 aliphatic heterocycles. The number of benzene rings is 1. The molecule has 3 unspecified atom stereocenters. The Bertz CT molecular complexity index is 563. The maximum absolute atomic E-state index is 12.8. The molecule has 112 valence electrons. The molecule has 1 aliphatic carbocycles. The fraction of sp³-hybridized carbons (Fsp3) is 0.529. The number of hydrogen-bond acceptors (Lipinski definition) is 2. The van der Waals surface area contributed by atoms with Crippen LogP contribution in [0.3, 0.4) is 0 Å². The third-order valence-corrected chi connectivity index (χ3v) is 4.69. The quantitative estimate of drug-likeness (QED) is 0.926. The van der Waals surface area contributed by atoms with E-state index in [-0.39, 0.29) is 23.9 Å². The van der Waals surface area contributed by atoms with E-state index in [1.54, 1.807) is 11.8 Å². The number of rotatable bonds is 3. The van der Waals surface area contributed by atoms with Gasteiger partial charge in [-0.25, -0.2) is 0 Å². The lowest BCUT2D eigenvalue weighted by atomic mass is 9.98. The molecule has 0 aromatic heterocycles. The Morgan fingerprint density at radius 2 is 1.81 bits per heavy atom. The van der Waals surface area contributed by atoms with E-state index in [4.69, 9.17) is 0 Å². The molecular weight excluding hydrogens is 264 g/mol. The number of hydrogen-bond donors (Lipinski definition) is 1. The van der Waals surface area contributed by atoms with Gasteiger partial charge in [0.15, 0.2) is 0 Å². The molecule has 1 N–H and O–H groups in total. The Kier molecular flexibility index (Phi) is 3.47. The molecule has 0 spiro atoms. The van der Waals surface area contributed by atoms with Crippen LogP contribution in [0.5, 0.6) is 0 Å². The molecule has 4 heteroatoms. The second-order valence-electron chi connectivity index (χ2n) is 6.33. The summed E-state index contributed by atoms with van der Waals surface area (Å²) in [5.74, 6) is 0.366. The minimum atomic E-state index is -0.413. The van der Waals surface area contributed by atoms with Gasteiger partial charge in [-0.05, 0) is 45.1 Å². The smallest absolute Gasteiger partial charge is 0.246 e. The monoisotopic (exact) mass is 286 g/mol. The molecular formula is C17H22N2O2. The molecule has 21 heavy (non-hydrogen) atoms. The molecule has 4 nitrogen and oxygen atoms in total.